The lowest BCUT2D eigenvalue weighted by molar-refractivity contribution is 0.324. The zero-order valence-electron chi connectivity index (χ0n) is 18.4. The molecule has 0 saturated heterocycles. The van der Waals surface area contributed by atoms with Gasteiger partial charge in [-0.3, -0.25) is 4.79 Å². The van der Waals surface area contributed by atoms with Gasteiger partial charge in [-0.05, 0) is 48.5 Å². The van der Waals surface area contributed by atoms with Crippen molar-refractivity contribution in [3.63, 3.8) is 0 Å². The van der Waals surface area contributed by atoms with Gasteiger partial charge in [0.15, 0.2) is 17.3 Å². The normalized spacial score (nSPS) is 11.8. The zero-order valence-corrected chi connectivity index (χ0v) is 19.2. The van der Waals surface area contributed by atoms with E-state index in [1.165, 1.54) is 49.3 Å². The van der Waals surface area contributed by atoms with Crippen LogP contribution in [0.15, 0.2) is 57.7 Å². The van der Waals surface area contributed by atoms with Gasteiger partial charge >= 0.3 is 0 Å². The fraction of sp³-hybridized carbons (Fsp3) is 0.125. The van der Waals surface area contributed by atoms with Crippen LogP contribution in [0, 0.1) is 5.82 Å². The van der Waals surface area contributed by atoms with Crippen LogP contribution in [0.25, 0.3) is 33.7 Å². The molecule has 3 aromatic heterocycles. The lowest BCUT2D eigenvalue weighted by atomic mass is 10.1. The molecule has 0 radical (unpaired) electrons. The SMILES string of the molecule is COc1cc(-c2nc3sc(=Cc4ccc(-c5ccc(F)cc5)o4)c(=O)n3n2)cc(OC)c1OC. The maximum Gasteiger partial charge on any atom is 0.291 e. The minimum Gasteiger partial charge on any atom is -0.493 e. The molecule has 0 bridgehead atoms. The first-order valence-corrected chi connectivity index (χ1v) is 10.9. The average molecular weight is 479 g/mol. The minimum absolute atomic E-state index is 0.314. The molecule has 2 aromatic carbocycles. The third-order valence-corrected chi connectivity index (χ3v) is 6.09. The standard InChI is InChI=1S/C24H18FN3O5S/c1-30-18-10-14(11-19(31-2)21(18)32-3)22-26-24-28(27-22)23(29)20(34-24)12-16-8-9-17(33-16)13-4-6-15(25)7-5-13/h4-12H,1-3H3. The Labute approximate surface area is 196 Å². The monoisotopic (exact) mass is 479 g/mol. The summed E-state index contributed by atoms with van der Waals surface area (Å²) in [5.41, 5.74) is 1.04. The largest absolute Gasteiger partial charge is 0.493 e. The van der Waals surface area contributed by atoms with Crippen LogP contribution in [-0.2, 0) is 0 Å². The molecule has 0 saturated carbocycles. The third kappa shape index (κ3) is 3.77. The maximum absolute atomic E-state index is 13.2. The van der Waals surface area contributed by atoms with Crippen molar-refractivity contribution < 1.29 is 23.0 Å². The van der Waals surface area contributed by atoms with E-state index < -0.39 is 0 Å². The van der Waals surface area contributed by atoms with Crippen LogP contribution < -0.4 is 24.3 Å². The van der Waals surface area contributed by atoms with Gasteiger partial charge in [0.05, 0.1) is 21.3 Å². The van der Waals surface area contributed by atoms with Crippen LogP contribution >= 0.6 is 11.3 Å². The second-order valence-electron chi connectivity index (χ2n) is 7.17. The highest BCUT2D eigenvalue weighted by molar-refractivity contribution is 7.15. The number of hydrogen-bond donors (Lipinski definition) is 0. The fourth-order valence-corrected chi connectivity index (χ4v) is 4.38. The Morgan fingerprint density at radius 1 is 0.971 bits per heavy atom. The summed E-state index contributed by atoms with van der Waals surface area (Å²) in [6.07, 6.45) is 1.63. The number of hydrogen-bond acceptors (Lipinski definition) is 8. The van der Waals surface area contributed by atoms with Gasteiger partial charge in [-0.1, -0.05) is 11.3 Å². The Hall–Kier alpha value is -4.18. The highest BCUT2D eigenvalue weighted by Gasteiger charge is 2.18. The third-order valence-electron chi connectivity index (χ3n) is 5.13. The molecule has 0 amide bonds. The second-order valence-corrected chi connectivity index (χ2v) is 8.18. The maximum atomic E-state index is 13.2. The molecular weight excluding hydrogens is 461 g/mol. The zero-order chi connectivity index (χ0) is 23.8. The number of rotatable bonds is 6. The van der Waals surface area contributed by atoms with Crippen molar-refractivity contribution in [3.8, 4) is 40.0 Å². The van der Waals surface area contributed by atoms with Gasteiger partial charge in [-0.25, -0.2) is 4.39 Å². The predicted molar refractivity (Wildman–Crippen MR) is 125 cm³/mol. The van der Waals surface area contributed by atoms with E-state index in [0.29, 0.717) is 49.7 Å². The molecule has 0 aliphatic heterocycles. The Kier molecular flexibility index (Phi) is 5.50. The van der Waals surface area contributed by atoms with E-state index >= 15 is 0 Å². The van der Waals surface area contributed by atoms with E-state index in [1.807, 2.05) is 0 Å². The van der Waals surface area contributed by atoms with E-state index in [1.54, 1.807) is 42.5 Å². The van der Waals surface area contributed by atoms with Crippen molar-refractivity contribution in [1.29, 1.82) is 0 Å². The molecule has 0 aliphatic carbocycles. The molecule has 3 heterocycles. The summed E-state index contributed by atoms with van der Waals surface area (Å²) in [6.45, 7) is 0. The number of aromatic nitrogens is 3. The molecule has 0 fully saturated rings. The van der Waals surface area contributed by atoms with Crippen LogP contribution in [-0.4, -0.2) is 35.9 Å². The molecule has 172 valence electrons. The van der Waals surface area contributed by atoms with Crippen LogP contribution in [0.4, 0.5) is 4.39 Å². The predicted octanol–water partition coefficient (Wildman–Crippen LogP) is 3.79. The van der Waals surface area contributed by atoms with Gasteiger partial charge in [0.2, 0.25) is 10.7 Å². The van der Waals surface area contributed by atoms with E-state index in [4.69, 9.17) is 18.6 Å². The fourth-order valence-electron chi connectivity index (χ4n) is 3.50. The topological polar surface area (TPSA) is 88.1 Å². The number of ether oxygens (including phenoxy) is 3. The van der Waals surface area contributed by atoms with Gasteiger partial charge in [-0.15, -0.1) is 5.10 Å². The number of benzene rings is 2. The lowest BCUT2D eigenvalue weighted by Gasteiger charge is -2.12. The molecule has 0 unspecified atom stereocenters. The molecule has 0 aliphatic rings. The van der Waals surface area contributed by atoms with E-state index in [9.17, 15) is 9.18 Å². The highest BCUT2D eigenvalue weighted by atomic mass is 32.1. The number of thiazole rings is 1. The van der Waals surface area contributed by atoms with Crippen molar-refractivity contribution in [2.75, 3.05) is 21.3 Å². The summed E-state index contributed by atoms with van der Waals surface area (Å²) >= 11 is 1.19. The molecule has 5 aromatic rings. The Morgan fingerprint density at radius 2 is 1.68 bits per heavy atom. The average Bonchev–Trinajstić information content (AvgIpc) is 3.56. The lowest BCUT2D eigenvalue weighted by Crippen LogP contribution is -2.23. The van der Waals surface area contributed by atoms with E-state index in [2.05, 4.69) is 10.1 Å². The Balaban J connectivity index is 1.51. The molecule has 0 atom stereocenters. The molecular formula is C24H18FN3O5S. The number of furan rings is 1. The van der Waals surface area contributed by atoms with Crippen molar-refractivity contribution in [1.82, 2.24) is 14.6 Å². The minimum atomic E-state index is -0.321. The molecule has 10 heteroatoms. The summed E-state index contributed by atoms with van der Waals surface area (Å²) in [5.74, 6) is 2.47. The number of halogens is 1. The van der Waals surface area contributed by atoms with Crippen molar-refractivity contribution in [3.05, 3.63) is 75.0 Å². The summed E-state index contributed by atoms with van der Waals surface area (Å²) < 4.78 is 36.7. The first-order chi connectivity index (χ1) is 16.5. The van der Waals surface area contributed by atoms with Gasteiger partial charge in [-0.2, -0.15) is 9.50 Å². The van der Waals surface area contributed by atoms with E-state index in [0.717, 1.165) is 5.56 Å². The quantitative estimate of drug-likeness (QED) is 0.366. The van der Waals surface area contributed by atoms with E-state index in [-0.39, 0.29) is 11.4 Å². The van der Waals surface area contributed by atoms with Crippen LogP contribution in [0.5, 0.6) is 17.2 Å². The van der Waals surface area contributed by atoms with Crippen LogP contribution in [0.3, 0.4) is 0 Å². The number of methoxy groups -OCH3 is 3. The van der Waals surface area contributed by atoms with Crippen molar-refractivity contribution >= 4 is 22.4 Å². The summed E-state index contributed by atoms with van der Waals surface area (Å²) in [6, 6.07) is 12.9. The Bertz CT molecular complexity index is 1580. The highest BCUT2D eigenvalue weighted by Crippen LogP contribution is 2.40. The Morgan fingerprint density at radius 3 is 2.29 bits per heavy atom. The number of fused-ring (bicyclic) bond motifs is 1. The van der Waals surface area contributed by atoms with Crippen LogP contribution in [0.2, 0.25) is 0 Å². The van der Waals surface area contributed by atoms with Gasteiger partial charge < -0.3 is 18.6 Å². The molecule has 0 spiro atoms. The first-order valence-electron chi connectivity index (χ1n) is 10.1. The first kappa shape index (κ1) is 21.7. The summed E-state index contributed by atoms with van der Waals surface area (Å²) in [5, 5.41) is 4.38. The number of nitrogens with zero attached hydrogens (tertiary/aromatic N) is 3. The smallest absolute Gasteiger partial charge is 0.291 e. The molecule has 5 rings (SSSR count). The van der Waals surface area contributed by atoms with Crippen molar-refractivity contribution in [2.45, 2.75) is 0 Å². The molecule has 8 nitrogen and oxygen atoms in total. The molecule has 34 heavy (non-hydrogen) atoms. The summed E-state index contributed by atoms with van der Waals surface area (Å²) in [4.78, 5) is 17.9. The second kappa shape index (κ2) is 8.64. The summed E-state index contributed by atoms with van der Waals surface area (Å²) in [7, 11) is 4.57. The van der Waals surface area contributed by atoms with Gasteiger partial charge in [0, 0.05) is 17.2 Å². The molecule has 0 N–H and O–H groups in total. The van der Waals surface area contributed by atoms with Gasteiger partial charge in [0.1, 0.15) is 21.9 Å². The van der Waals surface area contributed by atoms with Gasteiger partial charge in [0.25, 0.3) is 5.56 Å². The van der Waals surface area contributed by atoms with Crippen molar-refractivity contribution in [2.24, 2.45) is 0 Å². The van der Waals surface area contributed by atoms with Crippen LogP contribution in [0.1, 0.15) is 5.76 Å².